The first-order chi connectivity index (χ1) is 20.7. The first-order valence-corrected chi connectivity index (χ1v) is 13.8. The molecule has 3 aliphatic rings. The number of fused-ring (bicyclic) bond motifs is 1. The topological polar surface area (TPSA) is 112 Å². The van der Waals surface area contributed by atoms with Crippen molar-refractivity contribution in [3.05, 3.63) is 98.8 Å². The number of anilines is 1. The number of pyridine rings is 2. The predicted molar refractivity (Wildman–Crippen MR) is 151 cm³/mol. The summed E-state index contributed by atoms with van der Waals surface area (Å²) in [4.78, 5) is 33.0. The van der Waals surface area contributed by atoms with Gasteiger partial charge in [0, 0.05) is 31.0 Å². The van der Waals surface area contributed by atoms with Crippen LogP contribution in [0.3, 0.4) is 0 Å². The quantitative estimate of drug-likeness (QED) is 0.462. The maximum atomic E-state index is 15.6. The second-order valence-electron chi connectivity index (χ2n) is 10.6. The summed E-state index contributed by atoms with van der Waals surface area (Å²) in [5.74, 6) is -4.32. The number of benzene rings is 1. The number of ether oxygens (including phenoxy) is 1. The molecule has 1 fully saturated rings. The Morgan fingerprint density at radius 3 is 2.58 bits per heavy atom. The Labute approximate surface area is 244 Å². The summed E-state index contributed by atoms with van der Waals surface area (Å²) in [7, 11) is 0. The van der Waals surface area contributed by atoms with E-state index in [1.165, 1.54) is 0 Å². The third-order valence-corrected chi connectivity index (χ3v) is 7.92. The van der Waals surface area contributed by atoms with Crippen molar-refractivity contribution in [2.75, 3.05) is 31.3 Å². The van der Waals surface area contributed by atoms with Gasteiger partial charge in [0.2, 0.25) is 5.43 Å². The van der Waals surface area contributed by atoms with Crippen molar-refractivity contribution in [1.29, 1.82) is 5.26 Å². The average Bonchev–Trinajstić information content (AvgIpc) is 3.37. The Balaban J connectivity index is 1.39. The van der Waals surface area contributed by atoms with E-state index in [0.29, 0.717) is 45.3 Å². The molecule has 0 spiro atoms. The van der Waals surface area contributed by atoms with E-state index in [2.05, 4.69) is 34.2 Å². The van der Waals surface area contributed by atoms with Gasteiger partial charge in [0.05, 0.1) is 23.7 Å². The number of nitrogens with zero attached hydrogens (tertiary/aromatic N) is 5. The first kappa shape index (κ1) is 28.2. The van der Waals surface area contributed by atoms with Gasteiger partial charge in [-0.2, -0.15) is 5.26 Å². The highest BCUT2D eigenvalue weighted by molar-refractivity contribution is 5.92. The highest BCUT2D eigenvalue weighted by Gasteiger charge is 2.27. The standard InChI is InChI=1S/C31H26F3N5O4/c32-20-5-6-27(25(33)12-20)39-16-24(31(41)42)28(40)23-13-26(34)30(36-29(23)39)37-9-7-18-3-1-2-4-21(11-19(18)8-10-37)38-15-22(14-35)43-17-38/h1,3,5-6,11-13,16,22H,2,4,7-10,15,17H2,(H,41,42)/b3-1-,21-11+. The minimum atomic E-state index is -1.58. The van der Waals surface area contributed by atoms with Crippen molar-refractivity contribution >= 4 is 22.8 Å². The van der Waals surface area contributed by atoms with E-state index >= 15 is 4.39 Å². The zero-order chi connectivity index (χ0) is 30.2. The smallest absolute Gasteiger partial charge is 0.341 e. The summed E-state index contributed by atoms with van der Waals surface area (Å²) in [5, 5.41) is 18.5. The molecule has 1 atom stereocenters. The molecule has 220 valence electrons. The molecule has 2 aliphatic heterocycles. The number of hydrogen-bond donors (Lipinski definition) is 1. The number of aromatic nitrogens is 2. The number of allylic oxidation sites excluding steroid dienone is 4. The zero-order valence-corrected chi connectivity index (χ0v) is 22.9. The van der Waals surface area contributed by atoms with Crippen molar-refractivity contribution in [1.82, 2.24) is 14.5 Å². The van der Waals surface area contributed by atoms with Crippen LogP contribution in [0.5, 0.6) is 0 Å². The number of rotatable bonds is 4. The van der Waals surface area contributed by atoms with Crippen molar-refractivity contribution in [3.8, 4) is 11.8 Å². The van der Waals surface area contributed by atoms with E-state index < -0.39 is 40.5 Å². The number of nitriles is 1. The fraction of sp³-hybridized carbons (Fsp3) is 0.290. The highest BCUT2D eigenvalue weighted by Crippen LogP contribution is 2.31. The average molecular weight is 590 g/mol. The molecule has 9 nitrogen and oxygen atoms in total. The first-order valence-electron chi connectivity index (χ1n) is 13.8. The van der Waals surface area contributed by atoms with Gasteiger partial charge in [-0.15, -0.1) is 0 Å². The third kappa shape index (κ3) is 5.39. The summed E-state index contributed by atoms with van der Waals surface area (Å²) in [6.07, 6.45) is 9.47. The monoisotopic (exact) mass is 589 g/mol. The van der Waals surface area contributed by atoms with Crippen LogP contribution in [-0.4, -0.2) is 58.0 Å². The van der Waals surface area contributed by atoms with Crippen LogP contribution in [0, 0.1) is 28.8 Å². The fourth-order valence-electron chi connectivity index (χ4n) is 5.70. The number of carbonyl (C=O) groups is 1. The van der Waals surface area contributed by atoms with E-state index in [9.17, 15) is 28.7 Å². The molecule has 12 heteroatoms. The normalized spacial score (nSPS) is 21.0. The summed E-state index contributed by atoms with van der Waals surface area (Å²) in [6.45, 7) is 1.61. The number of aromatic carboxylic acids is 1. The van der Waals surface area contributed by atoms with Gasteiger partial charge in [0.25, 0.3) is 0 Å². The Morgan fingerprint density at radius 2 is 1.86 bits per heavy atom. The molecule has 6 rings (SSSR count). The van der Waals surface area contributed by atoms with E-state index in [4.69, 9.17) is 4.74 Å². The lowest BCUT2D eigenvalue weighted by Gasteiger charge is -2.23. The molecule has 1 N–H and O–H groups in total. The van der Waals surface area contributed by atoms with Gasteiger partial charge in [0.1, 0.15) is 23.9 Å². The predicted octanol–water partition coefficient (Wildman–Crippen LogP) is 4.81. The van der Waals surface area contributed by atoms with Crippen molar-refractivity contribution in [2.24, 2.45) is 0 Å². The molecule has 0 radical (unpaired) electrons. The van der Waals surface area contributed by atoms with Gasteiger partial charge in [-0.25, -0.2) is 22.9 Å². The molecule has 0 saturated carbocycles. The van der Waals surface area contributed by atoms with E-state index in [0.717, 1.165) is 58.6 Å². The molecule has 0 bridgehead atoms. The molecule has 3 aromatic rings. The summed E-state index contributed by atoms with van der Waals surface area (Å²) >= 11 is 0. The van der Waals surface area contributed by atoms with Crippen LogP contribution in [0.1, 0.15) is 36.0 Å². The van der Waals surface area contributed by atoms with Gasteiger partial charge in [-0.05, 0) is 61.1 Å². The summed E-state index contributed by atoms with van der Waals surface area (Å²) < 4.78 is 50.8. The van der Waals surface area contributed by atoms with Crippen LogP contribution in [0.4, 0.5) is 19.0 Å². The molecule has 1 saturated heterocycles. The Kier molecular flexibility index (Phi) is 7.50. The summed E-state index contributed by atoms with van der Waals surface area (Å²) in [6, 6.07) is 5.79. The highest BCUT2D eigenvalue weighted by atomic mass is 19.1. The molecule has 2 aromatic heterocycles. The van der Waals surface area contributed by atoms with Gasteiger partial charge >= 0.3 is 5.97 Å². The van der Waals surface area contributed by atoms with E-state index in [-0.39, 0.29) is 22.5 Å². The second kappa shape index (κ2) is 11.4. The lowest BCUT2D eigenvalue weighted by molar-refractivity contribution is 0.0695. The van der Waals surface area contributed by atoms with Crippen LogP contribution in [0.2, 0.25) is 0 Å². The number of halogens is 3. The minimum Gasteiger partial charge on any atom is -0.477 e. The number of carboxylic acids is 1. The Bertz CT molecular complexity index is 1840. The van der Waals surface area contributed by atoms with Crippen molar-refractivity contribution in [3.63, 3.8) is 0 Å². The largest absolute Gasteiger partial charge is 0.477 e. The molecule has 1 aromatic carbocycles. The Hall–Kier alpha value is -4.89. The van der Waals surface area contributed by atoms with Crippen LogP contribution >= 0.6 is 0 Å². The van der Waals surface area contributed by atoms with Gasteiger partial charge in [0.15, 0.2) is 23.4 Å². The molecular formula is C31H26F3N5O4. The second-order valence-corrected chi connectivity index (χ2v) is 10.6. The lowest BCUT2D eigenvalue weighted by Crippen LogP contribution is -2.28. The van der Waals surface area contributed by atoms with Crippen LogP contribution < -0.4 is 10.3 Å². The maximum Gasteiger partial charge on any atom is 0.341 e. The number of carboxylic acid groups (broad SMARTS) is 1. The summed E-state index contributed by atoms with van der Waals surface area (Å²) in [5.41, 5.74) is 1.16. The van der Waals surface area contributed by atoms with Crippen LogP contribution in [0.25, 0.3) is 16.7 Å². The van der Waals surface area contributed by atoms with Gasteiger partial charge < -0.3 is 19.6 Å². The third-order valence-electron chi connectivity index (χ3n) is 7.92. The van der Waals surface area contributed by atoms with E-state index in [1.807, 2.05) is 0 Å². The van der Waals surface area contributed by atoms with Crippen molar-refractivity contribution < 1.29 is 27.8 Å². The molecular weight excluding hydrogens is 563 g/mol. The van der Waals surface area contributed by atoms with E-state index in [1.54, 1.807) is 4.90 Å². The molecule has 4 heterocycles. The molecule has 43 heavy (non-hydrogen) atoms. The Morgan fingerprint density at radius 1 is 1.07 bits per heavy atom. The van der Waals surface area contributed by atoms with Gasteiger partial charge in [-0.1, -0.05) is 12.2 Å². The molecule has 0 amide bonds. The van der Waals surface area contributed by atoms with Crippen LogP contribution in [-0.2, 0) is 4.74 Å². The lowest BCUT2D eigenvalue weighted by atomic mass is 9.97. The number of hydrogen-bond acceptors (Lipinski definition) is 7. The van der Waals surface area contributed by atoms with Crippen LogP contribution in [0.15, 0.2) is 70.3 Å². The molecule has 1 aliphatic carbocycles. The minimum absolute atomic E-state index is 0.0697. The zero-order valence-electron chi connectivity index (χ0n) is 22.9. The molecule has 1 unspecified atom stereocenters. The SMILES string of the molecule is N#CC1CN(/C2=C/C3=C(/C=C\CC2)CCN(c2nc4c(cc2F)c(=O)c(C(=O)O)cn4-c2ccc(F)cc2F)CC3)CO1. The van der Waals surface area contributed by atoms with Gasteiger partial charge in [-0.3, -0.25) is 9.36 Å². The maximum absolute atomic E-state index is 15.6. The van der Waals surface area contributed by atoms with Crippen molar-refractivity contribution in [2.45, 2.75) is 31.8 Å². The fourth-order valence-corrected chi connectivity index (χ4v) is 5.70.